The highest BCUT2D eigenvalue weighted by molar-refractivity contribution is 6.01. The van der Waals surface area contributed by atoms with E-state index >= 15 is 0 Å². The monoisotopic (exact) mass is 575 g/mol. The topological polar surface area (TPSA) is 96.7 Å². The highest BCUT2D eigenvalue weighted by Crippen LogP contribution is 2.48. The van der Waals surface area contributed by atoms with Gasteiger partial charge >= 0.3 is 5.63 Å². The van der Waals surface area contributed by atoms with Crippen LogP contribution in [0.2, 0.25) is 0 Å². The number of fused-ring (bicyclic) bond motifs is 1. The maximum Gasteiger partial charge on any atom is 0.336 e. The Hall–Kier alpha value is -4.66. The molecule has 4 aromatic rings. The lowest BCUT2D eigenvalue weighted by Gasteiger charge is -2.27. The van der Waals surface area contributed by atoms with Crippen molar-refractivity contribution in [2.75, 3.05) is 48.6 Å². The van der Waals surface area contributed by atoms with Gasteiger partial charge in [-0.05, 0) is 37.1 Å². The van der Waals surface area contributed by atoms with E-state index < -0.39 is 11.5 Å². The lowest BCUT2D eigenvalue weighted by molar-refractivity contribution is -0.131. The molecule has 0 fully saturated rings. The van der Waals surface area contributed by atoms with Crippen molar-refractivity contribution < 1.29 is 32.9 Å². The van der Waals surface area contributed by atoms with Crippen molar-refractivity contribution in [2.45, 2.75) is 26.2 Å². The lowest BCUT2D eigenvalue weighted by Crippen LogP contribution is -2.31. The highest BCUT2D eigenvalue weighted by atomic mass is 16.5. The molecule has 9 nitrogen and oxygen atoms in total. The van der Waals surface area contributed by atoms with Gasteiger partial charge in [0.05, 0.1) is 40.9 Å². The molecular weight excluding hydrogens is 538 g/mol. The fraction of sp³-hybridized carbons (Fsp3) is 0.333. The molecule has 4 rings (SSSR count). The Labute approximate surface area is 245 Å². The molecule has 0 aliphatic carbocycles. The zero-order chi connectivity index (χ0) is 30.4. The summed E-state index contributed by atoms with van der Waals surface area (Å²) >= 11 is 0. The van der Waals surface area contributed by atoms with E-state index in [4.69, 9.17) is 28.1 Å². The zero-order valence-corrected chi connectivity index (χ0v) is 25.1. The van der Waals surface area contributed by atoms with Crippen LogP contribution in [-0.4, -0.2) is 59.4 Å². The third-order valence-electron chi connectivity index (χ3n) is 7.44. The predicted molar refractivity (Wildman–Crippen MR) is 162 cm³/mol. The van der Waals surface area contributed by atoms with Crippen LogP contribution in [0, 0.1) is 0 Å². The van der Waals surface area contributed by atoms with Crippen LogP contribution in [0.1, 0.15) is 37.3 Å². The van der Waals surface area contributed by atoms with Gasteiger partial charge in [0.1, 0.15) is 17.1 Å². The first kappa shape index (κ1) is 30.3. The molecule has 0 saturated carbocycles. The Bertz CT molecular complexity index is 1580. The Balaban J connectivity index is 2.14. The number of benzene rings is 3. The summed E-state index contributed by atoms with van der Waals surface area (Å²) < 4.78 is 34.5. The maximum atomic E-state index is 13.7. The molecule has 1 atom stereocenters. The first-order chi connectivity index (χ1) is 20.3. The number of nitrogens with zero attached hydrogens (tertiary/aromatic N) is 1. The normalized spacial score (nSPS) is 11.6. The number of carbonyl (C=O) groups is 1. The predicted octanol–water partition coefficient (Wildman–Crippen LogP) is 5.89. The third kappa shape index (κ3) is 5.72. The van der Waals surface area contributed by atoms with Crippen LogP contribution >= 0.6 is 0 Å². The quantitative estimate of drug-likeness (QED) is 0.193. The fourth-order valence-corrected chi connectivity index (χ4v) is 5.38. The van der Waals surface area contributed by atoms with E-state index in [1.807, 2.05) is 44.2 Å². The van der Waals surface area contributed by atoms with Gasteiger partial charge in [-0.3, -0.25) is 4.79 Å². The number of methoxy groups -OCH3 is 5. The van der Waals surface area contributed by atoms with E-state index in [0.717, 1.165) is 5.56 Å². The molecule has 0 unspecified atom stereocenters. The molecule has 9 heteroatoms. The van der Waals surface area contributed by atoms with Gasteiger partial charge in [-0.15, -0.1) is 0 Å². The zero-order valence-electron chi connectivity index (χ0n) is 25.1. The minimum Gasteiger partial charge on any atom is -0.496 e. The van der Waals surface area contributed by atoms with E-state index in [1.165, 1.54) is 34.5 Å². The second kappa shape index (κ2) is 13.3. The molecule has 0 aliphatic heterocycles. The van der Waals surface area contributed by atoms with Gasteiger partial charge in [0.2, 0.25) is 11.7 Å². The standard InChI is InChI=1S/C33H37NO8/c1-8-34(9-2)28(35)17-22(21-15-26(39-5)32(41-7)27(16-21)40-6)30-24(37-3)19-25(38-4)31-23(18-29(36)42-33(30)31)20-13-11-10-12-14-20/h10-16,18-19,22H,8-9,17H2,1-7H3/t22-/m1/s1. The summed E-state index contributed by atoms with van der Waals surface area (Å²) in [5, 5.41) is 0.590. The molecule has 3 aromatic carbocycles. The number of ether oxygens (including phenoxy) is 5. The molecule has 0 spiro atoms. The molecule has 0 radical (unpaired) electrons. The fourth-order valence-electron chi connectivity index (χ4n) is 5.38. The van der Waals surface area contributed by atoms with Crippen molar-refractivity contribution in [3.63, 3.8) is 0 Å². The van der Waals surface area contributed by atoms with E-state index in [1.54, 1.807) is 30.2 Å². The summed E-state index contributed by atoms with van der Waals surface area (Å²) in [6, 6.07) is 16.3. The number of hydrogen-bond donors (Lipinski definition) is 0. The summed E-state index contributed by atoms with van der Waals surface area (Å²) in [7, 11) is 7.68. The molecule has 0 aliphatic rings. The summed E-state index contributed by atoms with van der Waals surface area (Å²) in [6.45, 7) is 4.96. The SMILES string of the molecule is CCN(CC)C(=O)C[C@H](c1cc(OC)c(OC)c(OC)c1)c1c(OC)cc(OC)c2c(-c3ccccc3)cc(=O)oc12. The van der Waals surface area contributed by atoms with Crippen molar-refractivity contribution in [1.82, 2.24) is 4.90 Å². The second-order valence-corrected chi connectivity index (χ2v) is 9.53. The summed E-state index contributed by atoms with van der Waals surface area (Å²) in [5.41, 5.74) is 2.38. The lowest BCUT2D eigenvalue weighted by atomic mass is 9.84. The van der Waals surface area contributed by atoms with Crippen molar-refractivity contribution >= 4 is 16.9 Å². The van der Waals surface area contributed by atoms with Gasteiger partial charge < -0.3 is 33.0 Å². The molecule has 1 heterocycles. The van der Waals surface area contributed by atoms with E-state index in [2.05, 4.69) is 0 Å². The Morgan fingerprint density at radius 1 is 0.786 bits per heavy atom. The third-order valence-corrected chi connectivity index (χ3v) is 7.44. The van der Waals surface area contributed by atoms with Crippen LogP contribution in [0.15, 0.2) is 63.8 Å². The first-order valence-electron chi connectivity index (χ1n) is 13.7. The minimum atomic E-state index is -0.635. The molecule has 42 heavy (non-hydrogen) atoms. The summed E-state index contributed by atoms with van der Waals surface area (Å²) in [4.78, 5) is 28.6. The van der Waals surface area contributed by atoms with Gasteiger partial charge in [-0.25, -0.2) is 4.79 Å². The van der Waals surface area contributed by atoms with Crippen molar-refractivity contribution in [3.05, 3.63) is 76.1 Å². The Kier molecular flexibility index (Phi) is 9.62. The molecule has 1 amide bonds. The van der Waals surface area contributed by atoms with Crippen molar-refractivity contribution in [3.8, 4) is 39.9 Å². The Morgan fingerprint density at radius 3 is 1.90 bits per heavy atom. The minimum absolute atomic E-state index is 0.0530. The maximum absolute atomic E-state index is 13.7. The van der Waals surface area contributed by atoms with E-state index in [0.29, 0.717) is 63.9 Å². The smallest absolute Gasteiger partial charge is 0.336 e. The van der Waals surface area contributed by atoms with Gasteiger partial charge in [0, 0.05) is 48.7 Å². The van der Waals surface area contributed by atoms with E-state index in [9.17, 15) is 9.59 Å². The van der Waals surface area contributed by atoms with Gasteiger partial charge in [0.15, 0.2) is 11.5 Å². The highest BCUT2D eigenvalue weighted by Gasteiger charge is 2.31. The van der Waals surface area contributed by atoms with Gasteiger partial charge in [0.25, 0.3) is 0 Å². The number of hydrogen-bond acceptors (Lipinski definition) is 8. The second-order valence-electron chi connectivity index (χ2n) is 9.53. The first-order valence-corrected chi connectivity index (χ1v) is 13.7. The molecule has 1 aromatic heterocycles. The molecular formula is C33H37NO8. The van der Waals surface area contributed by atoms with Crippen LogP contribution in [0.4, 0.5) is 0 Å². The van der Waals surface area contributed by atoms with Gasteiger partial charge in [-0.2, -0.15) is 0 Å². The molecule has 222 valence electrons. The summed E-state index contributed by atoms with van der Waals surface area (Å²) in [5.74, 6) is 1.43. The van der Waals surface area contributed by atoms with Crippen LogP contribution in [0.3, 0.4) is 0 Å². The molecule has 0 bridgehead atoms. The number of carbonyl (C=O) groups excluding carboxylic acids is 1. The number of amides is 1. The molecule has 0 saturated heterocycles. The van der Waals surface area contributed by atoms with Crippen LogP contribution in [-0.2, 0) is 4.79 Å². The summed E-state index contributed by atoms with van der Waals surface area (Å²) in [6.07, 6.45) is 0.0530. The van der Waals surface area contributed by atoms with Crippen LogP contribution in [0.5, 0.6) is 28.7 Å². The average Bonchev–Trinajstić information content (AvgIpc) is 3.02. The van der Waals surface area contributed by atoms with Gasteiger partial charge in [-0.1, -0.05) is 30.3 Å². The average molecular weight is 576 g/mol. The Morgan fingerprint density at radius 2 is 1.38 bits per heavy atom. The number of rotatable bonds is 12. The molecule has 0 N–H and O–H groups in total. The van der Waals surface area contributed by atoms with Crippen molar-refractivity contribution in [2.24, 2.45) is 0 Å². The van der Waals surface area contributed by atoms with Crippen LogP contribution in [0.25, 0.3) is 22.1 Å². The van der Waals surface area contributed by atoms with E-state index in [-0.39, 0.29) is 17.9 Å². The largest absolute Gasteiger partial charge is 0.496 e. The van der Waals surface area contributed by atoms with Crippen LogP contribution < -0.4 is 29.3 Å². The van der Waals surface area contributed by atoms with Crippen molar-refractivity contribution in [1.29, 1.82) is 0 Å².